The molecule has 0 saturated heterocycles. The first-order chi connectivity index (χ1) is 9.08. The predicted octanol–water partition coefficient (Wildman–Crippen LogP) is 2.80. The Kier molecular flexibility index (Phi) is 3.82. The van der Waals surface area contributed by atoms with Gasteiger partial charge >= 0.3 is 0 Å². The number of benzene rings is 1. The van der Waals surface area contributed by atoms with Crippen LogP contribution in [0.5, 0.6) is 5.75 Å². The van der Waals surface area contributed by atoms with E-state index < -0.39 is 4.92 Å². The summed E-state index contributed by atoms with van der Waals surface area (Å²) in [5, 5.41) is 11.2. The quantitative estimate of drug-likeness (QED) is 0.528. The molecule has 0 fully saturated rings. The lowest BCUT2D eigenvalue weighted by Crippen LogP contribution is -2.03. The number of hydrogen-bond donors (Lipinski definition) is 1. The average molecular weight is 280 g/mol. The van der Waals surface area contributed by atoms with Gasteiger partial charge in [-0.15, -0.1) is 0 Å². The SMILES string of the molecule is Nc1c(COc2cncc(Cl)c2)cccc1[N+](=O)[O-]. The molecule has 98 valence electrons. The number of nitrogen functional groups attached to an aromatic ring is 1. The van der Waals surface area contributed by atoms with Gasteiger partial charge in [0.1, 0.15) is 18.0 Å². The maximum absolute atomic E-state index is 10.8. The second-order valence-electron chi connectivity index (χ2n) is 3.73. The summed E-state index contributed by atoms with van der Waals surface area (Å²) in [6.07, 6.45) is 2.98. The number of hydrogen-bond acceptors (Lipinski definition) is 5. The van der Waals surface area contributed by atoms with Gasteiger partial charge in [-0.3, -0.25) is 15.1 Å². The Morgan fingerprint density at radius 3 is 2.89 bits per heavy atom. The second-order valence-corrected chi connectivity index (χ2v) is 4.17. The Hall–Kier alpha value is -2.34. The van der Waals surface area contributed by atoms with E-state index >= 15 is 0 Å². The molecule has 7 heteroatoms. The van der Waals surface area contributed by atoms with Crippen LogP contribution in [0.4, 0.5) is 11.4 Å². The number of para-hydroxylation sites is 1. The molecule has 0 aliphatic heterocycles. The largest absolute Gasteiger partial charge is 0.487 e. The summed E-state index contributed by atoms with van der Waals surface area (Å²) in [5.41, 5.74) is 6.22. The highest BCUT2D eigenvalue weighted by molar-refractivity contribution is 6.30. The lowest BCUT2D eigenvalue weighted by molar-refractivity contribution is -0.384. The van der Waals surface area contributed by atoms with E-state index in [0.717, 1.165) is 0 Å². The van der Waals surface area contributed by atoms with Crippen LogP contribution < -0.4 is 10.5 Å². The first-order valence-corrected chi connectivity index (χ1v) is 5.71. The summed E-state index contributed by atoms with van der Waals surface area (Å²) in [7, 11) is 0. The number of halogens is 1. The Morgan fingerprint density at radius 1 is 1.42 bits per heavy atom. The topological polar surface area (TPSA) is 91.3 Å². The van der Waals surface area contributed by atoms with Crippen molar-refractivity contribution in [3.05, 3.63) is 57.4 Å². The minimum absolute atomic E-state index is 0.0995. The van der Waals surface area contributed by atoms with E-state index in [0.29, 0.717) is 16.3 Å². The van der Waals surface area contributed by atoms with Gasteiger partial charge in [-0.2, -0.15) is 0 Å². The third kappa shape index (κ3) is 3.11. The highest BCUT2D eigenvalue weighted by atomic mass is 35.5. The standard InChI is InChI=1S/C12H10ClN3O3/c13-9-4-10(6-15-5-9)19-7-8-2-1-3-11(12(8)14)16(17)18/h1-6H,7,14H2. The molecule has 0 spiro atoms. The highest BCUT2D eigenvalue weighted by Gasteiger charge is 2.14. The summed E-state index contributed by atoms with van der Waals surface area (Å²) >= 11 is 5.77. The number of nitrogens with zero attached hydrogens (tertiary/aromatic N) is 2. The molecule has 0 atom stereocenters. The second kappa shape index (κ2) is 5.53. The number of nitro benzene ring substituents is 1. The predicted molar refractivity (Wildman–Crippen MR) is 71.1 cm³/mol. The number of nitrogens with two attached hydrogens (primary N) is 1. The molecule has 6 nitrogen and oxygen atoms in total. The maximum Gasteiger partial charge on any atom is 0.292 e. The van der Waals surface area contributed by atoms with Crippen molar-refractivity contribution in [2.45, 2.75) is 6.61 Å². The third-order valence-corrected chi connectivity index (χ3v) is 2.65. The van der Waals surface area contributed by atoms with Gasteiger partial charge in [0.2, 0.25) is 0 Å². The molecule has 0 radical (unpaired) electrons. The molecule has 1 heterocycles. The zero-order chi connectivity index (χ0) is 13.8. The molecule has 2 N–H and O–H groups in total. The lowest BCUT2D eigenvalue weighted by atomic mass is 10.1. The number of rotatable bonds is 4. The molecule has 1 aromatic heterocycles. The third-order valence-electron chi connectivity index (χ3n) is 2.44. The van der Waals surface area contributed by atoms with Gasteiger partial charge in [0.15, 0.2) is 0 Å². The van der Waals surface area contributed by atoms with Crippen LogP contribution in [-0.4, -0.2) is 9.91 Å². The molecular formula is C12H10ClN3O3. The number of pyridine rings is 1. The monoisotopic (exact) mass is 279 g/mol. The molecule has 2 rings (SSSR count). The number of aromatic nitrogens is 1. The fourth-order valence-electron chi connectivity index (χ4n) is 1.52. The normalized spacial score (nSPS) is 10.2. The van der Waals surface area contributed by atoms with E-state index in [1.807, 2.05) is 0 Å². The minimum atomic E-state index is -0.528. The average Bonchev–Trinajstić information content (AvgIpc) is 2.37. The molecule has 19 heavy (non-hydrogen) atoms. The molecule has 0 unspecified atom stereocenters. The Labute approximate surface area is 113 Å². The molecule has 2 aromatic rings. The van der Waals surface area contributed by atoms with E-state index in [1.54, 1.807) is 18.2 Å². The van der Waals surface area contributed by atoms with E-state index in [4.69, 9.17) is 22.1 Å². The van der Waals surface area contributed by atoms with Crippen molar-refractivity contribution in [3.8, 4) is 5.75 Å². The first-order valence-electron chi connectivity index (χ1n) is 5.33. The summed E-state index contributed by atoms with van der Waals surface area (Å²) in [6, 6.07) is 6.17. The van der Waals surface area contributed by atoms with Crippen molar-refractivity contribution >= 4 is 23.0 Å². The van der Waals surface area contributed by atoms with Crippen molar-refractivity contribution in [3.63, 3.8) is 0 Å². The molecule has 0 bridgehead atoms. The van der Waals surface area contributed by atoms with Crippen LogP contribution in [0.2, 0.25) is 5.02 Å². The van der Waals surface area contributed by atoms with Crippen LogP contribution in [0.1, 0.15) is 5.56 Å². The van der Waals surface area contributed by atoms with Gasteiger partial charge in [-0.05, 0) is 0 Å². The fraction of sp³-hybridized carbons (Fsp3) is 0.0833. The van der Waals surface area contributed by atoms with Gasteiger partial charge in [-0.25, -0.2) is 0 Å². The van der Waals surface area contributed by atoms with Crippen LogP contribution in [0, 0.1) is 10.1 Å². The van der Waals surface area contributed by atoms with Crippen LogP contribution in [0.25, 0.3) is 0 Å². The molecule has 0 aliphatic rings. The fourth-order valence-corrected chi connectivity index (χ4v) is 1.68. The smallest absolute Gasteiger partial charge is 0.292 e. The lowest BCUT2D eigenvalue weighted by Gasteiger charge is -2.08. The van der Waals surface area contributed by atoms with E-state index in [1.165, 1.54) is 18.5 Å². The van der Waals surface area contributed by atoms with Crippen molar-refractivity contribution < 1.29 is 9.66 Å². The summed E-state index contributed by atoms with van der Waals surface area (Å²) in [5.74, 6) is 0.471. The number of nitro groups is 1. The molecule has 1 aromatic carbocycles. The summed E-state index contributed by atoms with van der Waals surface area (Å²) in [4.78, 5) is 14.1. The Balaban J connectivity index is 2.16. The van der Waals surface area contributed by atoms with Crippen molar-refractivity contribution in [2.75, 3.05) is 5.73 Å². The molecule has 0 amide bonds. The van der Waals surface area contributed by atoms with Gasteiger partial charge in [0.25, 0.3) is 5.69 Å². The van der Waals surface area contributed by atoms with Gasteiger partial charge < -0.3 is 10.5 Å². The highest BCUT2D eigenvalue weighted by Crippen LogP contribution is 2.26. The van der Waals surface area contributed by atoms with Crippen LogP contribution in [0.15, 0.2) is 36.7 Å². The Morgan fingerprint density at radius 2 is 2.21 bits per heavy atom. The summed E-state index contributed by atoms with van der Waals surface area (Å²) in [6.45, 7) is 0.107. The van der Waals surface area contributed by atoms with Crippen molar-refractivity contribution in [2.24, 2.45) is 0 Å². The van der Waals surface area contributed by atoms with Gasteiger partial charge in [0.05, 0.1) is 16.1 Å². The van der Waals surface area contributed by atoms with Crippen LogP contribution in [0.3, 0.4) is 0 Å². The first kappa shape index (κ1) is 13.1. The molecule has 0 aliphatic carbocycles. The van der Waals surface area contributed by atoms with Crippen LogP contribution in [-0.2, 0) is 6.61 Å². The van der Waals surface area contributed by atoms with Gasteiger partial charge in [-0.1, -0.05) is 23.7 Å². The van der Waals surface area contributed by atoms with E-state index in [-0.39, 0.29) is 18.0 Å². The summed E-state index contributed by atoms with van der Waals surface area (Å²) < 4.78 is 5.44. The van der Waals surface area contributed by atoms with E-state index in [2.05, 4.69) is 4.98 Å². The van der Waals surface area contributed by atoms with E-state index in [9.17, 15) is 10.1 Å². The molecular weight excluding hydrogens is 270 g/mol. The molecule has 0 saturated carbocycles. The van der Waals surface area contributed by atoms with Crippen molar-refractivity contribution in [1.29, 1.82) is 0 Å². The van der Waals surface area contributed by atoms with Crippen molar-refractivity contribution in [1.82, 2.24) is 4.98 Å². The maximum atomic E-state index is 10.8. The number of ether oxygens (including phenoxy) is 1. The van der Waals surface area contributed by atoms with Crippen LogP contribution >= 0.6 is 11.6 Å². The van der Waals surface area contributed by atoms with Gasteiger partial charge in [0, 0.05) is 23.9 Å². The number of anilines is 1. The zero-order valence-electron chi connectivity index (χ0n) is 9.75. The zero-order valence-corrected chi connectivity index (χ0v) is 10.5. The Bertz CT molecular complexity index is 619. The minimum Gasteiger partial charge on any atom is -0.487 e.